The van der Waals surface area contributed by atoms with Gasteiger partial charge in [-0.3, -0.25) is 4.79 Å². The number of aryl methyl sites for hydroxylation is 1. The van der Waals surface area contributed by atoms with E-state index in [1.54, 1.807) is 11.3 Å². The van der Waals surface area contributed by atoms with Crippen LogP contribution in [-0.2, 0) is 4.79 Å². The lowest BCUT2D eigenvalue weighted by atomic mass is 10.0. The second kappa shape index (κ2) is 6.06. The molecule has 4 atom stereocenters. The third-order valence-electron chi connectivity index (χ3n) is 4.04. The molecule has 1 amide bonds. The Labute approximate surface area is 119 Å². The van der Waals surface area contributed by atoms with Crippen LogP contribution in [0.5, 0.6) is 0 Å². The Morgan fingerprint density at radius 2 is 2.32 bits per heavy atom. The number of aliphatic hydroxyl groups excluding tert-OH is 1. The van der Waals surface area contributed by atoms with E-state index in [-0.39, 0.29) is 17.7 Å². The molecule has 2 N–H and O–H groups in total. The lowest BCUT2D eigenvalue weighted by Gasteiger charge is -2.17. The van der Waals surface area contributed by atoms with Gasteiger partial charge in [0, 0.05) is 28.1 Å². The standard InChI is InChI=1S/C15H23NO2S/c1-4-9(2)13(17)8-16-15(18)12-7-11(12)14-6-5-10(3)19-14/h5-6,9,11-13,17H,4,7-8H2,1-3H3,(H,16,18). The lowest BCUT2D eigenvalue weighted by molar-refractivity contribution is -0.123. The summed E-state index contributed by atoms with van der Waals surface area (Å²) in [6.45, 7) is 6.52. The van der Waals surface area contributed by atoms with Gasteiger partial charge in [0.15, 0.2) is 0 Å². The van der Waals surface area contributed by atoms with Gasteiger partial charge in [0.2, 0.25) is 5.91 Å². The van der Waals surface area contributed by atoms with Crippen LogP contribution in [-0.4, -0.2) is 23.7 Å². The van der Waals surface area contributed by atoms with Crippen LogP contribution in [0.3, 0.4) is 0 Å². The molecule has 0 aliphatic heterocycles. The first-order valence-electron chi connectivity index (χ1n) is 7.05. The first-order valence-corrected chi connectivity index (χ1v) is 7.86. The Morgan fingerprint density at radius 3 is 2.89 bits per heavy atom. The van der Waals surface area contributed by atoms with Crippen LogP contribution < -0.4 is 5.32 Å². The molecule has 2 rings (SSSR count). The van der Waals surface area contributed by atoms with Gasteiger partial charge in [0.1, 0.15) is 0 Å². The Balaban J connectivity index is 1.77. The monoisotopic (exact) mass is 281 g/mol. The minimum Gasteiger partial charge on any atom is -0.391 e. The van der Waals surface area contributed by atoms with Gasteiger partial charge in [-0.25, -0.2) is 0 Å². The molecule has 1 heterocycles. The SMILES string of the molecule is CCC(C)C(O)CNC(=O)C1CC1c1ccc(C)s1. The number of carbonyl (C=O) groups is 1. The summed E-state index contributed by atoms with van der Waals surface area (Å²) in [4.78, 5) is 14.6. The highest BCUT2D eigenvalue weighted by atomic mass is 32.1. The number of carbonyl (C=O) groups excluding carboxylic acids is 1. The van der Waals surface area contributed by atoms with Gasteiger partial charge >= 0.3 is 0 Å². The van der Waals surface area contributed by atoms with E-state index in [2.05, 4.69) is 24.4 Å². The Morgan fingerprint density at radius 1 is 1.58 bits per heavy atom. The summed E-state index contributed by atoms with van der Waals surface area (Å²) in [6.07, 6.45) is 1.44. The normalized spacial score (nSPS) is 24.8. The van der Waals surface area contributed by atoms with Crippen LogP contribution in [0.15, 0.2) is 12.1 Å². The van der Waals surface area contributed by atoms with Gasteiger partial charge in [-0.2, -0.15) is 0 Å². The van der Waals surface area contributed by atoms with Crippen molar-refractivity contribution in [1.82, 2.24) is 5.32 Å². The van der Waals surface area contributed by atoms with Crippen molar-refractivity contribution in [3.05, 3.63) is 21.9 Å². The zero-order chi connectivity index (χ0) is 14.0. The molecule has 0 aromatic carbocycles. The number of hydrogen-bond acceptors (Lipinski definition) is 3. The quantitative estimate of drug-likeness (QED) is 0.842. The van der Waals surface area contributed by atoms with Crippen molar-refractivity contribution >= 4 is 17.2 Å². The van der Waals surface area contributed by atoms with E-state index >= 15 is 0 Å². The third kappa shape index (κ3) is 3.57. The average molecular weight is 281 g/mol. The molecular weight excluding hydrogens is 258 g/mol. The largest absolute Gasteiger partial charge is 0.391 e. The second-order valence-electron chi connectivity index (χ2n) is 5.60. The van der Waals surface area contributed by atoms with Crippen molar-refractivity contribution in [3.63, 3.8) is 0 Å². The number of aliphatic hydroxyl groups is 1. The van der Waals surface area contributed by atoms with Crippen LogP contribution in [0, 0.1) is 18.8 Å². The Hall–Kier alpha value is -0.870. The molecule has 1 fully saturated rings. The first kappa shape index (κ1) is 14.5. The van der Waals surface area contributed by atoms with Crippen molar-refractivity contribution in [1.29, 1.82) is 0 Å². The molecule has 106 valence electrons. The maximum atomic E-state index is 12.0. The molecule has 0 radical (unpaired) electrons. The fourth-order valence-corrected chi connectivity index (χ4v) is 3.32. The van der Waals surface area contributed by atoms with Crippen molar-refractivity contribution in [2.75, 3.05) is 6.54 Å². The highest BCUT2D eigenvalue weighted by Crippen LogP contribution is 2.49. The summed E-state index contributed by atoms with van der Waals surface area (Å²) < 4.78 is 0. The smallest absolute Gasteiger partial charge is 0.223 e. The maximum Gasteiger partial charge on any atom is 0.223 e. The summed E-state index contributed by atoms with van der Waals surface area (Å²) >= 11 is 1.78. The van der Waals surface area contributed by atoms with Gasteiger partial charge in [-0.05, 0) is 31.4 Å². The van der Waals surface area contributed by atoms with Crippen molar-refractivity contribution in [3.8, 4) is 0 Å². The molecule has 4 heteroatoms. The number of nitrogens with one attached hydrogen (secondary N) is 1. The topological polar surface area (TPSA) is 49.3 Å². The molecule has 3 nitrogen and oxygen atoms in total. The van der Waals surface area contributed by atoms with Crippen LogP contribution >= 0.6 is 11.3 Å². The molecule has 4 unspecified atom stereocenters. The predicted molar refractivity (Wildman–Crippen MR) is 78.4 cm³/mol. The fourth-order valence-electron chi connectivity index (χ4n) is 2.26. The number of rotatable bonds is 6. The van der Waals surface area contributed by atoms with Crippen molar-refractivity contribution in [2.24, 2.45) is 11.8 Å². The summed E-state index contributed by atoms with van der Waals surface area (Å²) in [5, 5.41) is 12.7. The minimum absolute atomic E-state index is 0.0957. The van der Waals surface area contributed by atoms with Crippen molar-refractivity contribution in [2.45, 2.75) is 45.6 Å². The van der Waals surface area contributed by atoms with E-state index in [1.807, 2.05) is 13.8 Å². The molecule has 19 heavy (non-hydrogen) atoms. The van der Waals surface area contributed by atoms with Crippen LogP contribution in [0.4, 0.5) is 0 Å². The van der Waals surface area contributed by atoms with E-state index < -0.39 is 6.10 Å². The van der Waals surface area contributed by atoms with E-state index in [0.717, 1.165) is 12.8 Å². The highest BCUT2D eigenvalue weighted by Gasteiger charge is 2.44. The van der Waals surface area contributed by atoms with Crippen LogP contribution in [0.2, 0.25) is 0 Å². The van der Waals surface area contributed by atoms with Gasteiger partial charge < -0.3 is 10.4 Å². The summed E-state index contributed by atoms with van der Waals surface area (Å²) in [7, 11) is 0. The number of amides is 1. The molecule has 0 saturated heterocycles. The zero-order valence-electron chi connectivity index (χ0n) is 11.8. The van der Waals surface area contributed by atoms with Gasteiger partial charge in [0.05, 0.1) is 6.10 Å². The summed E-state index contributed by atoms with van der Waals surface area (Å²) in [6, 6.07) is 4.24. The Bertz CT molecular complexity index is 443. The lowest BCUT2D eigenvalue weighted by Crippen LogP contribution is -2.36. The molecule has 0 bridgehead atoms. The van der Waals surface area contributed by atoms with Gasteiger partial charge in [-0.1, -0.05) is 20.3 Å². The molecule has 1 saturated carbocycles. The van der Waals surface area contributed by atoms with E-state index in [1.165, 1.54) is 9.75 Å². The first-order chi connectivity index (χ1) is 9.02. The second-order valence-corrected chi connectivity index (χ2v) is 6.91. The van der Waals surface area contributed by atoms with Crippen molar-refractivity contribution < 1.29 is 9.90 Å². The third-order valence-corrected chi connectivity index (χ3v) is 5.17. The molecule has 1 aliphatic rings. The molecule has 1 aromatic heterocycles. The highest BCUT2D eigenvalue weighted by molar-refractivity contribution is 7.12. The molecule has 1 aromatic rings. The van der Waals surface area contributed by atoms with Gasteiger partial charge in [-0.15, -0.1) is 11.3 Å². The molecule has 0 spiro atoms. The number of thiophene rings is 1. The van der Waals surface area contributed by atoms with Crippen LogP contribution in [0.1, 0.15) is 42.4 Å². The molecular formula is C15H23NO2S. The summed E-state index contributed by atoms with van der Waals surface area (Å²) in [5.41, 5.74) is 0. The molecule has 1 aliphatic carbocycles. The van der Waals surface area contributed by atoms with Gasteiger partial charge in [0.25, 0.3) is 0 Å². The Kier molecular flexibility index (Phi) is 4.63. The van der Waals surface area contributed by atoms with Crippen LogP contribution in [0.25, 0.3) is 0 Å². The fraction of sp³-hybridized carbons (Fsp3) is 0.667. The van der Waals surface area contributed by atoms with E-state index in [4.69, 9.17) is 0 Å². The minimum atomic E-state index is -0.435. The van der Waals surface area contributed by atoms with E-state index in [0.29, 0.717) is 12.5 Å². The zero-order valence-corrected chi connectivity index (χ0v) is 12.7. The predicted octanol–water partition coefficient (Wildman–Crippen LogP) is 2.68. The van der Waals surface area contributed by atoms with E-state index in [9.17, 15) is 9.90 Å². The average Bonchev–Trinajstić information content (AvgIpc) is 3.10. The number of hydrogen-bond donors (Lipinski definition) is 2. The summed E-state index contributed by atoms with van der Waals surface area (Å²) in [5.74, 6) is 0.843. The maximum absolute atomic E-state index is 12.0.